The van der Waals surface area contributed by atoms with Gasteiger partial charge in [-0.2, -0.15) is 0 Å². The van der Waals surface area contributed by atoms with Crippen molar-refractivity contribution in [2.24, 2.45) is 0 Å². The van der Waals surface area contributed by atoms with E-state index in [1.165, 1.54) is 35.6 Å². The highest BCUT2D eigenvalue weighted by molar-refractivity contribution is 7.93. The lowest BCUT2D eigenvalue weighted by molar-refractivity contribution is 0.475. The van der Waals surface area contributed by atoms with E-state index in [4.69, 9.17) is 0 Å². The van der Waals surface area contributed by atoms with E-state index in [1.807, 2.05) is 26.2 Å². The summed E-state index contributed by atoms with van der Waals surface area (Å²) in [5.41, 5.74) is 0.713. The first-order valence-corrected chi connectivity index (χ1v) is 8.33. The van der Waals surface area contributed by atoms with Crippen molar-refractivity contribution in [1.82, 2.24) is 4.98 Å². The summed E-state index contributed by atoms with van der Waals surface area (Å²) in [5.74, 6) is 0.0215. The first kappa shape index (κ1) is 14.8. The molecule has 1 heterocycles. The van der Waals surface area contributed by atoms with Gasteiger partial charge in [0.15, 0.2) is 5.13 Å². The Morgan fingerprint density at radius 1 is 1.20 bits per heavy atom. The molecule has 7 heteroatoms. The number of anilines is 1. The van der Waals surface area contributed by atoms with Crippen molar-refractivity contribution < 1.29 is 13.5 Å². The Hall–Kier alpha value is -1.60. The summed E-state index contributed by atoms with van der Waals surface area (Å²) in [5, 5.41) is 11.4. The summed E-state index contributed by atoms with van der Waals surface area (Å²) in [7, 11) is -3.68. The summed E-state index contributed by atoms with van der Waals surface area (Å²) < 4.78 is 26.7. The van der Waals surface area contributed by atoms with E-state index in [1.54, 1.807) is 0 Å². The second-order valence-electron chi connectivity index (χ2n) is 5.39. The summed E-state index contributed by atoms with van der Waals surface area (Å²) in [4.78, 5) is 4.37. The number of phenolic OH excluding ortho intramolecular Hbond substituents is 1. The molecule has 0 aliphatic heterocycles. The molecule has 2 aromatic rings. The topological polar surface area (TPSA) is 79.3 Å². The smallest absolute Gasteiger partial charge is 0.263 e. The lowest BCUT2D eigenvalue weighted by Gasteiger charge is -2.14. The normalized spacial score (nSPS) is 12.3. The van der Waals surface area contributed by atoms with Crippen LogP contribution in [0.1, 0.15) is 26.5 Å². The molecular formula is C13H16N2O3S2. The monoisotopic (exact) mass is 312 g/mol. The van der Waals surface area contributed by atoms with E-state index in [0.717, 1.165) is 5.69 Å². The summed E-state index contributed by atoms with van der Waals surface area (Å²) in [6.07, 6.45) is 0. The second-order valence-corrected chi connectivity index (χ2v) is 7.93. The fourth-order valence-corrected chi connectivity index (χ4v) is 3.65. The fourth-order valence-electron chi connectivity index (χ4n) is 1.46. The maximum Gasteiger partial charge on any atom is 0.263 e. The molecule has 0 unspecified atom stereocenters. The van der Waals surface area contributed by atoms with Crippen molar-refractivity contribution in [2.75, 3.05) is 4.72 Å². The number of phenols is 1. The molecule has 0 amide bonds. The number of thiazole rings is 1. The van der Waals surface area contributed by atoms with Crippen LogP contribution in [0, 0.1) is 0 Å². The number of nitrogens with zero attached hydrogens (tertiary/aromatic N) is 1. The Morgan fingerprint density at radius 3 is 2.30 bits per heavy atom. The average molecular weight is 312 g/mol. The maximum atomic E-state index is 12.1. The van der Waals surface area contributed by atoms with Gasteiger partial charge in [0.25, 0.3) is 10.0 Å². The molecule has 108 valence electrons. The number of aromatic nitrogens is 1. The Kier molecular flexibility index (Phi) is 3.75. The highest BCUT2D eigenvalue weighted by Crippen LogP contribution is 2.27. The number of rotatable bonds is 3. The molecule has 20 heavy (non-hydrogen) atoms. The second kappa shape index (κ2) is 5.06. The summed E-state index contributed by atoms with van der Waals surface area (Å²) in [6.45, 7) is 6.04. The van der Waals surface area contributed by atoms with Gasteiger partial charge < -0.3 is 5.11 Å². The van der Waals surface area contributed by atoms with Gasteiger partial charge in [-0.15, -0.1) is 11.3 Å². The number of benzene rings is 1. The summed E-state index contributed by atoms with van der Waals surface area (Å²) in [6, 6.07) is 5.35. The summed E-state index contributed by atoms with van der Waals surface area (Å²) >= 11 is 1.25. The molecule has 0 bridgehead atoms. The molecule has 0 aliphatic carbocycles. The molecule has 0 fully saturated rings. The van der Waals surface area contributed by atoms with Crippen molar-refractivity contribution in [3.63, 3.8) is 0 Å². The van der Waals surface area contributed by atoms with Gasteiger partial charge >= 0.3 is 0 Å². The minimum atomic E-state index is -3.68. The molecule has 0 saturated heterocycles. The first-order valence-electron chi connectivity index (χ1n) is 5.96. The third-order valence-corrected chi connectivity index (χ3v) is 4.88. The van der Waals surface area contributed by atoms with Crippen LogP contribution in [0.3, 0.4) is 0 Å². The maximum absolute atomic E-state index is 12.1. The Morgan fingerprint density at radius 2 is 1.80 bits per heavy atom. The Balaban J connectivity index is 2.25. The Bertz CT molecular complexity index is 698. The molecule has 0 spiro atoms. The molecule has 0 aliphatic rings. The zero-order chi connectivity index (χ0) is 15.0. The SMILES string of the molecule is CC(C)(C)c1csc(NS(=O)(=O)c2ccc(O)cc2)n1. The standard InChI is InChI=1S/C13H16N2O3S2/c1-13(2,3)11-8-19-12(14-11)15-20(17,18)10-6-4-9(16)5-7-10/h4-8,16H,1-3H3,(H,14,15). The number of hydrogen-bond acceptors (Lipinski definition) is 5. The molecule has 0 radical (unpaired) electrons. The molecule has 0 saturated carbocycles. The van der Waals surface area contributed by atoms with Gasteiger partial charge in [-0.1, -0.05) is 20.8 Å². The molecule has 0 atom stereocenters. The number of aromatic hydroxyl groups is 1. The van der Waals surface area contributed by atoms with Crippen LogP contribution < -0.4 is 4.72 Å². The van der Waals surface area contributed by atoms with Crippen molar-refractivity contribution in [2.45, 2.75) is 31.1 Å². The van der Waals surface area contributed by atoms with Crippen LogP contribution in [0.2, 0.25) is 0 Å². The van der Waals surface area contributed by atoms with E-state index < -0.39 is 10.0 Å². The van der Waals surface area contributed by atoms with Crippen LogP contribution in [0.4, 0.5) is 5.13 Å². The zero-order valence-electron chi connectivity index (χ0n) is 11.4. The number of sulfonamides is 1. The van der Waals surface area contributed by atoms with Crippen LogP contribution in [0.5, 0.6) is 5.75 Å². The minimum absolute atomic E-state index is 0.0215. The van der Waals surface area contributed by atoms with E-state index in [2.05, 4.69) is 9.71 Å². The number of hydrogen-bond donors (Lipinski definition) is 2. The van der Waals surface area contributed by atoms with E-state index in [0.29, 0.717) is 5.13 Å². The van der Waals surface area contributed by atoms with Crippen molar-refractivity contribution in [3.8, 4) is 5.75 Å². The van der Waals surface area contributed by atoms with Gasteiger partial charge in [-0.25, -0.2) is 13.4 Å². The van der Waals surface area contributed by atoms with Gasteiger partial charge in [-0.05, 0) is 24.3 Å². The molecule has 2 rings (SSSR count). The molecule has 5 nitrogen and oxygen atoms in total. The molecule has 2 N–H and O–H groups in total. The minimum Gasteiger partial charge on any atom is -0.508 e. The number of nitrogens with one attached hydrogen (secondary N) is 1. The molecular weight excluding hydrogens is 296 g/mol. The van der Waals surface area contributed by atoms with Crippen molar-refractivity contribution in [3.05, 3.63) is 35.3 Å². The third-order valence-electron chi connectivity index (χ3n) is 2.64. The average Bonchev–Trinajstić information content (AvgIpc) is 2.77. The van der Waals surface area contributed by atoms with Crippen molar-refractivity contribution in [1.29, 1.82) is 0 Å². The van der Waals surface area contributed by atoms with E-state index >= 15 is 0 Å². The molecule has 1 aromatic heterocycles. The third kappa shape index (κ3) is 3.29. The fraction of sp³-hybridized carbons (Fsp3) is 0.308. The van der Waals surface area contributed by atoms with Crippen LogP contribution in [0.15, 0.2) is 34.5 Å². The Labute approximate surface area is 122 Å². The lowest BCUT2D eigenvalue weighted by atomic mass is 9.93. The predicted octanol–water partition coefficient (Wildman–Crippen LogP) is 2.95. The predicted molar refractivity (Wildman–Crippen MR) is 79.7 cm³/mol. The first-order chi connectivity index (χ1) is 9.18. The highest BCUT2D eigenvalue weighted by Gasteiger charge is 2.20. The quantitative estimate of drug-likeness (QED) is 0.913. The van der Waals surface area contributed by atoms with Gasteiger partial charge in [0, 0.05) is 10.8 Å². The van der Waals surface area contributed by atoms with Gasteiger partial charge in [-0.3, -0.25) is 4.72 Å². The lowest BCUT2D eigenvalue weighted by Crippen LogP contribution is -2.14. The van der Waals surface area contributed by atoms with Crippen molar-refractivity contribution >= 4 is 26.5 Å². The van der Waals surface area contributed by atoms with Crippen LogP contribution >= 0.6 is 11.3 Å². The van der Waals surface area contributed by atoms with Gasteiger partial charge in [0.2, 0.25) is 0 Å². The van der Waals surface area contributed by atoms with E-state index in [-0.39, 0.29) is 16.1 Å². The van der Waals surface area contributed by atoms with Crippen LogP contribution in [-0.4, -0.2) is 18.5 Å². The highest BCUT2D eigenvalue weighted by atomic mass is 32.2. The zero-order valence-corrected chi connectivity index (χ0v) is 13.0. The van der Waals surface area contributed by atoms with Crippen LogP contribution in [-0.2, 0) is 15.4 Å². The van der Waals surface area contributed by atoms with Crippen LogP contribution in [0.25, 0.3) is 0 Å². The van der Waals surface area contributed by atoms with E-state index in [9.17, 15) is 13.5 Å². The largest absolute Gasteiger partial charge is 0.508 e. The van der Waals surface area contributed by atoms with Gasteiger partial charge in [0.05, 0.1) is 10.6 Å². The van der Waals surface area contributed by atoms with Gasteiger partial charge in [0.1, 0.15) is 5.75 Å². The molecule has 1 aromatic carbocycles.